The van der Waals surface area contributed by atoms with E-state index >= 15 is 0 Å². The van der Waals surface area contributed by atoms with Gasteiger partial charge in [0.1, 0.15) is 12.9 Å². The topological polar surface area (TPSA) is 65.7 Å². The first kappa shape index (κ1) is 16.5. The number of pyridine rings is 1. The van der Waals surface area contributed by atoms with E-state index in [4.69, 9.17) is 9.47 Å². The standard InChI is InChI=1S/C19H14BrN3O3/c1-25-19(24)16-17(26-10-12-6-3-2-4-7-12)13-8-5-9-14(20)15(13)18-21-11-22-23(16)18/h2-9,11H,10H2,1H3. The van der Waals surface area contributed by atoms with Gasteiger partial charge < -0.3 is 9.47 Å². The Labute approximate surface area is 157 Å². The zero-order valence-corrected chi connectivity index (χ0v) is 15.4. The largest absolute Gasteiger partial charge is 0.486 e. The van der Waals surface area contributed by atoms with Crippen molar-refractivity contribution in [3.63, 3.8) is 0 Å². The second-order valence-electron chi connectivity index (χ2n) is 5.60. The van der Waals surface area contributed by atoms with Gasteiger partial charge in [-0.3, -0.25) is 0 Å². The smallest absolute Gasteiger partial charge is 0.360 e. The van der Waals surface area contributed by atoms with Crippen molar-refractivity contribution in [3.05, 3.63) is 70.6 Å². The predicted molar refractivity (Wildman–Crippen MR) is 100 cm³/mol. The highest BCUT2D eigenvalue weighted by Gasteiger charge is 2.24. The maximum atomic E-state index is 12.5. The number of carbonyl (C=O) groups excluding carboxylic acids is 1. The van der Waals surface area contributed by atoms with Crippen molar-refractivity contribution in [1.29, 1.82) is 0 Å². The Morgan fingerprint density at radius 3 is 2.73 bits per heavy atom. The summed E-state index contributed by atoms with van der Waals surface area (Å²) in [5.74, 6) is -0.125. The minimum absolute atomic E-state index is 0.210. The molecule has 26 heavy (non-hydrogen) atoms. The summed E-state index contributed by atoms with van der Waals surface area (Å²) < 4.78 is 13.3. The van der Waals surface area contributed by atoms with Crippen LogP contribution in [-0.4, -0.2) is 27.7 Å². The van der Waals surface area contributed by atoms with Gasteiger partial charge in [-0.1, -0.05) is 58.4 Å². The Kier molecular flexibility index (Phi) is 4.30. The van der Waals surface area contributed by atoms with Crippen molar-refractivity contribution in [1.82, 2.24) is 14.6 Å². The van der Waals surface area contributed by atoms with Gasteiger partial charge in [-0.25, -0.2) is 14.3 Å². The van der Waals surface area contributed by atoms with Crippen LogP contribution in [0.2, 0.25) is 0 Å². The van der Waals surface area contributed by atoms with Crippen LogP contribution in [0.5, 0.6) is 5.75 Å². The molecule has 0 aliphatic carbocycles. The molecule has 0 saturated heterocycles. The highest BCUT2D eigenvalue weighted by molar-refractivity contribution is 9.10. The van der Waals surface area contributed by atoms with Gasteiger partial charge >= 0.3 is 5.97 Å². The lowest BCUT2D eigenvalue weighted by Gasteiger charge is -2.15. The van der Waals surface area contributed by atoms with Crippen molar-refractivity contribution < 1.29 is 14.3 Å². The van der Waals surface area contributed by atoms with Gasteiger partial charge in [-0.2, -0.15) is 5.10 Å². The molecule has 0 aliphatic heterocycles. The van der Waals surface area contributed by atoms with Gasteiger partial charge in [0, 0.05) is 15.2 Å². The first-order chi connectivity index (χ1) is 12.7. The monoisotopic (exact) mass is 411 g/mol. The molecule has 0 aliphatic rings. The molecule has 2 aromatic carbocycles. The minimum Gasteiger partial charge on any atom is -0.486 e. The van der Waals surface area contributed by atoms with Crippen LogP contribution in [0.25, 0.3) is 16.4 Å². The lowest BCUT2D eigenvalue weighted by Crippen LogP contribution is -2.13. The molecule has 0 spiro atoms. The molecule has 6 nitrogen and oxygen atoms in total. The first-order valence-electron chi connectivity index (χ1n) is 7.89. The maximum absolute atomic E-state index is 12.5. The van der Waals surface area contributed by atoms with Gasteiger partial charge in [-0.15, -0.1) is 0 Å². The molecule has 0 bridgehead atoms. The third-order valence-corrected chi connectivity index (χ3v) is 4.72. The summed E-state index contributed by atoms with van der Waals surface area (Å²) in [6, 6.07) is 15.4. The lowest BCUT2D eigenvalue weighted by molar-refractivity contribution is 0.0585. The number of halogens is 1. The average molecular weight is 412 g/mol. The van der Waals surface area contributed by atoms with Crippen molar-refractivity contribution in [3.8, 4) is 5.75 Å². The molecule has 2 aromatic heterocycles. The Morgan fingerprint density at radius 2 is 1.96 bits per heavy atom. The quantitative estimate of drug-likeness (QED) is 0.474. The van der Waals surface area contributed by atoms with E-state index in [0.717, 1.165) is 20.8 Å². The van der Waals surface area contributed by atoms with Crippen LogP contribution in [0.15, 0.2) is 59.3 Å². The maximum Gasteiger partial charge on any atom is 0.360 e. The minimum atomic E-state index is -0.537. The van der Waals surface area contributed by atoms with Gasteiger partial charge in [0.15, 0.2) is 17.1 Å². The molecule has 0 N–H and O–H groups in total. The fourth-order valence-electron chi connectivity index (χ4n) is 2.89. The van der Waals surface area contributed by atoms with Crippen LogP contribution in [0.1, 0.15) is 16.1 Å². The Balaban J connectivity index is 1.97. The summed E-state index contributed by atoms with van der Waals surface area (Å²) in [5.41, 5.74) is 1.76. The lowest BCUT2D eigenvalue weighted by atomic mass is 10.1. The number of esters is 1. The van der Waals surface area contributed by atoms with Crippen molar-refractivity contribution in [2.75, 3.05) is 7.11 Å². The van der Waals surface area contributed by atoms with Crippen LogP contribution in [0.3, 0.4) is 0 Å². The van der Waals surface area contributed by atoms with E-state index in [2.05, 4.69) is 26.0 Å². The summed E-state index contributed by atoms with van der Waals surface area (Å²) in [7, 11) is 1.33. The second kappa shape index (κ2) is 6.76. The van der Waals surface area contributed by atoms with Crippen molar-refractivity contribution in [2.24, 2.45) is 0 Å². The van der Waals surface area contributed by atoms with E-state index in [0.29, 0.717) is 18.0 Å². The number of nitrogens with zero attached hydrogens (tertiary/aromatic N) is 3. The Bertz CT molecular complexity index is 1110. The van der Waals surface area contributed by atoms with Gasteiger partial charge in [0.25, 0.3) is 0 Å². The van der Waals surface area contributed by atoms with Crippen LogP contribution in [0.4, 0.5) is 0 Å². The molecule has 0 unspecified atom stereocenters. The molecule has 4 aromatic rings. The number of methoxy groups -OCH3 is 1. The SMILES string of the molecule is COC(=O)c1c(OCc2ccccc2)c2cccc(Br)c2c2ncnn12. The number of fused-ring (bicyclic) bond motifs is 3. The highest BCUT2D eigenvalue weighted by atomic mass is 79.9. The molecule has 7 heteroatoms. The third-order valence-electron chi connectivity index (χ3n) is 4.06. The van der Waals surface area contributed by atoms with E-state index in [-0.39, 0.29) is 5.69 Å². The fraction of sp³-hybridized carbons (Fsp3) is 0.105. The van der Waals surface area contributed by atoms with Crippen LogP contribution in [0, 0.1) is 0 Å². The molecule has 0 amide bonds. The number of benzene rings is 2. The molecule has 0 saturated carbocycles. The molecule has 4 rings (SSSR count). The van der Waals surface area contributed by atoms with Gasteiger partial charge in [-0.05, 0) is 11.6 Å². The van der Waals surface area contributed by atoms with Crippen LogP contribution >= 0.6 is 15.9 Å². The fourth-order valence-corrected chi connectivity index (χ4v) is 3.44. The van der Waals surface area contributed by atoms with Crippen LogP contribution in [-0.2, 0) is 11.3 Å². The normalized spacial score (nSPS) is 11.0. The van der Waals surface area contributed by atoms with Crippen LogP contribution < -0.4 is 4.74 Å². The summed E-state index contributed by atoms with van der Waals surface area (Å²) >= 11 is 3.56. The molecule has 0 atom stereocenters. The summed E-state index contributed by atoms with van der Waals surface area (Å²) in [6.45, 7) is 0.312. The summed E-state index contributed by atoms with van der Waals surface area (Å²) in [6.07, 6.45) is 1.40. The molecular formula is C19H14BrN3O3. The van der Waals surface area contributed by atoms with Gasteiger partial charge in [0.2, 0.25) is 0 Å². The molecule has 0 radical (unpaired) electrons. The van der Waals surface area contributed by atoms with E-state index < -0.39 is 5.97 Å². The number of rotatable bonds is 4. The predicted octanol–water partition coefficient (Wildman–Crippen LogP) is 4.01. The van der Waals surface area contributed by atoms with E-state index in [1.165, 1.54) is 18.0 Å². The Hall–Kier alpha value is -2.93. The number of ether oxygens (including phenoxy) is 2. The van der Waals surface area contributed by atoms with E-state index in [1.54, 1.807) is 0 Å². The number of carbonyl (C=O) groups is 1. The summed E-state index contributed by atoms with van der Waals surface area (Å²) in [4.78, 5) is 16.8. The molecule has 0 fully saturated rings. The highest BCUT2D eigenvalue weighted by Crippen LogP contribution is 2.37. The molecule has 2 heterocycles. The second-order valence-corrected chi connectivity index (χ2v) is 6.46. The van der Waals surface area contributed by atoms with Gasteiger partial charge in [0.05, 0.1) is 7.11 Å². The first-order valence-corrected chi connectivity index (χ1v) is 8.69. The molecular weight excluding hydrogens is 398 g/mol. The number of hydrogen-bond donors (Lipinski definition) is 0. The number of hydrogen-bond acceptors (Lipinski definition) is 5. The van der Waals surface area contributed by atoms with E-state index in [9.17, 15) is 4.79 Å². The van der Waals surface area contributed by atoms with Crippen molar-refractivity contribution >= 4 is 38.3 Å². The molecule has 130 valence electrons. The number of aromatic nitrogens is 3. The zero-order valence-electron chi connectivity index (χ0n) is 13.8. The average Bonchev–Trinajstić information content (AvgIpc) is 3.15. The Morgan fingerprint density at radius 1 is 1.15 bits per heavy atom. The zero-order chi connectivity index (χ0) is 18.1. The summed E-state index contributed by atoms with van der Waals surface area (Å²) in [5, 5.41) is 5.78. The van der Waals surface area contributed by atoms with Crippen molar-refractivity contribution in [2.45, 2.75) is 6.61 Å². The van der Waals surface area contributed by atoms with E-state index in [1.807, 2.05) is 48.5 Å². The third kappa shape index (κ3) is 2.70.